The second kappa shape index (κ2) is 34.8. The van der Waals surface area contributed by atoms with Crippen molar-refractivity contribution < 1.29 is 73.8 Å². The zero-order valence-electron chi connectivity index (χ0n) is 37.7. The van der Waals surface area contributed by atoms with E-state index in [0.29, 0.717) is 12.8 Å². The van der Waals surface area contributed by atoms with Crippen LogP contribution in [0, 0.1) is 0 Å². The lowest BCUT2D eigenvalue weighted by Gasteiger charge is -2.42. The Labute approximate surface area is 366 Å². The fourth-order valence-electron chi connectivity index (χ4n) is 7.81. The van der Waals surface area contributed by atoms with Gasteiger partial charge >= 0.3 is 11.9 Å². The molecule has 0 amide bonds. The zero-order valence-corrected chi connectivity index (χ0v) is 37.7. The summed E-state index contributed by atoms with van der Waals surface area (Å²) in [7, 11) is 0. The van der Waals surface area contributed by atoms with Gasteiger partial charge in [-0.05, 0) is 12.8 Å². The number of aliphatic hydroxyl groups excluding tert-OH is 7. The van der Waals surface area contributed by atoms with Gasteiger partial charge in [0.05, 0.1) is 19.8 Å². The number of rotatable bonds is 37. The first-order valence-corrected chi connectivity index (χ1v) is 24.1. The minimum atomic E-state index is -1.76. The average Bonchev–Trinajstić information content (AvgIpc) is 3.25. The van der Waals surface area contributed by atoms with Crippen LogP contribution in [0.4, 0.5) is 0 Å². The lowest BCUT2D eigenvalue weighted by molar-refractivity contribution is -0.332. The normalized spacial score (nSPS) is 27.2. The molecule has 11 atom stereocenters. The van der Waals surface area contributed by atoms with Crippen molar-refractivity contribution in [3.05, 3.63) is 0 Å². The molecule has 2 fully saturated rings. The summed E-state index contributed by atoms with van der Waals surface area (Å²) in [5, 5.41) is 71.9. The van der Waals surface area contributed by atoms with Crippen molar-refractivity contribution in [3.8, 4) is 0 Å². The largest absolute Gasteiger partial charge is 0.462 e. The Morgan fingerprint density at radius 1 is 0.459 bits per heavy atom. The third kappa shape index (κ3) is 23.8. The fourth-order valence-corrected chi connectivity index (χ4v) is 7.81. The maximum absolute atomic E-state index is 12.9. The maximum atomic E-state index is 12.9. The molecular formula is C46H86O15. The zero-order chi connectivity index (χ0) is 44.7. The van der Waals surface area contributed by atoms with Crippen LogP contribution in [-0.2, 0) is 38.0 Å². The van der Waals surface area contributed by atoms with E-state index in [9.17, 15) is 45.3 Å². The van der Waals surface area contributed by atoms with Gasteiger partial charge in [-0.3, -0.25) is 9.59 Å². The van der Waals surface area contributed by atoms with Crippen molar-refractivity contribution in [1.82, 2.24) is 0 Å². The summed E-state index contributed by atoms with van der Waals surface area (Å²) in [4.78, 5) is 25.6. The van der Waals surface area contributed by atoms with Crippen LogP contribution in [0.5, 0.6) is 0 Å². The van der Waals surface area contributed by atoms with Crippen LogP contribution >= 0.6 is 0 Å². The Kier molecular flexibility index (Phi) is 31.8. The van der Waals surface area contributed by atoms with Crippen molar-refractivity contribution in [2.75, 3.05) is 26.4 Å². The predicted octanol–water partition coefficient (Wildman–Crippen LogP) is 5.65. The van der Waals surface area contributed by atoms with Crippen molar-refractivity contribution >= 4 is 11.9 Å². The molecule has 0 spiro atoms. The van der Waals surface area contributed by atoms with Crippen LogP contribution < -0.4 is 0 Å². The molecule has 2 aliphatic rings. The standard InChI is InChI=1S/C46H86O15/c1-3-5-7-9-11-13-14-15-16-17-18-19-21-23-25-27-29-38(49)59-34(31-56-37(48)28-26-24-22-20-12-10-8-6-4-2)32-57-45-44(55)42(53)40(51)36(61-45)33-58-46-43(54)41(52)39(50)35(30-47)60-46/h34-36,39-47,50-55H,3-33H2,1-2H3. The molecule has 15 nitrogen and oxygen atoms in total. The third-order valence-corrected chi connectivity index (χ3v) is 11.8. The Bertz CT molecular complexity index is 1080. The number of esters is 2. The molecule has 0 aromatic rings. The highest BCUT2D eigenvalue weighted by atomic mass is 16.7. The van der Waals surface area contributed by atoms with Crippen LogP contribution in [0.3, 0.4) is 0 Å². The molecule has 61 heavy (non-hydrogen) atoms. The van der Waals surface area contributed by atoms with Crippen LogP contribution in [0.25, 0.3) is 0 Å². The van der Waals surface area contributed by atoms with E-state index in [2.05, 4.69) is 13.8 Å². The maximum Gasteiger partial charge on any atom is 0.306 e. The van der Waals surface area contributed by atoms with Crippen molar-refractivity contribution in [2.45, 2.75) is 255 Å². The molecular weight excluding hydrogens is 792 g/mol. The first-order chi connectivity index (χ1) is 29.5. The SMILES string of the molecule is CCCCCCCCCCCCCCCCCCC(=O)OC(COC(=O)CCCCCCCCCCC)COC1OC(COC2OC(CO)C(O)C(O)C2O)C(O)C(O)C1O. The van der Waals surface area contributed by atoms with Crippen molar-refractivity contribution in [3.63, 3.8) is 0 Å². The third-order valence-electron chi connectivity index (χ3n) is 11.8. The van der Waals surface area contributed by atoms with Crippen molar-refractivity contribution in [2.24, 2.45) is 0 Å². The molecule has 360 valence electrons. The number of unbranched alkanes of at least 4 members (excludes halogenated alkanes) is 23. The molecule has 15 heteroatoms. The molecule has 0 radical (unpaired) electrons. The topological polar surface area (TPSA) is 231 Å². The number of carbonyl (C=O) groups is 2. The van der Waals surface area contributed by atoms with E-state index >= 15 is 0 Å². The minimum Gasteiger partial charge on any atom is -0.462 e. The number of ether oxygens (including phenoxy) is 6. The summed E-state index contributed by atoms with van der Waals surface area (Å²) in [6.07, 6.45) is 12.9. The molecule has 2 heterocycles. The number of aliphatic hydroxyl groups is 7. The van der Waals surface area contributed by atoms with Gasteiger partial charge in [-0.1, -0.05) is 162 Å². The first kappa shape index (κ1) is 55.6. The molecule has 0 aromatic heterocycles. The van der Waals surface area contributed by atoms with Crippen LogP contribution in [-0.4, -0.2) is 142 Å². The fraction of sp³-hybridized carbons (Fsp3) is 0.957. The summed E-state index contributed by atoms with van der Waals surface area (Å²) < 4.78 is 33.5. The Morgan fingerprint density at radius 2 is 0.836 bits per heavy atom. The molecule has 11 unspecified atom stereocenters. The molecule has 2 aliphatic heterocycles. The van der Waals surface area contributed by atoms with Gasteiger partial charge in [-0.2, -0.15) is 0 Å². The highest BCUT2D eigenvalue weighted by Crippen LogP contribution is 2.26. The molecule has 0 saturated carbocycles. The van der Waals surface area contributed by atoms with Gasteiger partial charge in [0.25, 0.3) is 0 Å². The van der Waals surface area contributed by atoms with Crippen LogP contribution in [0.2, 0.25) is 0 Å². The smallest absolute Gasteiger partial charge is 0.306 e. The van der Waals surface area contributed by atoms with Gasteiger partial charge in [0, 0.05) is 12.8 Å². The van der Waals surface area contributed by atoms with Gasteiger partial charge in [0.2, 0.25) is 0 Å². The lowest BCUT2D eigenvalue weighted by Crippen LogP contribution is -2.61. The predicted molar refractivity (Wildman–Crippen MR) is 229 cm³/mol. The Morgan fingerprint density at radius 3 is 1.28 bits per heavy atom. The van der Waals surface area contributed by atoms with Crippen LogP contribution in [0.1, 0.15) is 187 Å². The van der Waals surface area contributed by atoms with Gasteiger partial charge in [0.1, 0.15) is 55.4 Å². The summed E-state index contributed by atoms with van der Waals surface area (Å²) in [5.41, 5.74) is 0. The number of hydrogen-bond acceptors (Lipinski definition) is 15. The monoisotopic (exact) mass is 879 g/mol. The number of carbonyl (C=O) groups excluding carboxylic acids is 2. The van der Waals surface area contributed by atoms with E-state index in [1.165, 1.54) is 109 Å². The second-order valence-electron chi connectivity index (χ2n) is 17.3. The summed E-state index contributed by atoms with van der Waals surface area (Å²) in [5.74, 6) is -0.917. The quantitative estimate of drug-likeness (QED) is 0.0295. The Hall–Kier alpha value is -1.50. The molecule has 2 saturated heterocycles. The average molecular weight is 879 g/mol. The summed E-state index contributed by atoms with van der Waals surface area (Å²) in [6.45, 7) is 2.58. The van der Waals surface area contributed by atoms with Crippen molar-refractivity contribution in [1.29, 1.82) is 0 Å². The van der Waals surface area contributed by atoms with Gasteiger partial charge in [0.15, 0.2) is 18.7 Å². The van der Waals surface area contributed by atoms with E-state index in [1.54, 1.807) is 0 Å². The highest BCUT2D eigenvalue weighted by Gasteiger charge is 2.47. The van der Waals surface area contributed by atoms with E-state index in [0.717, 1.165) is 38.5 Å². The molecule has 2 rings (SSSR count). The van der Waals surface area contributed by atoms with Gasteiger partial charge in [-0.15, -0.1) is 0 Å². The number of hydrogen-bond donors (Lipinski definition) is 7. The molecule has 7 N–H and O–H groups in total. The van der Waals surface area contributed by atoms with E-state index in [-0.39, 0.29) is 26.1 Å². The molecule has 0 aliphatic carbocycles. The van der Waals surface area contributed by atoms with Crippen LogP contribution in [0.15, 0.2) is 0 Å². The first-order valence-electron chi connectivity index (χ1n) is 24.1. The Balaban J connectivity index is 1.82. The molecule has 0 bridgehead atoms. The van der Waals surface area contributed by atoms with E-state index in [1.807, 2.05) is 0 Å². The molecule has 0 aromatic carbocycles. The second-order valence-corrected chi connectivity index (χ2v) is 17.3. The summed E-state index contributed by atoms with van der Waals surface area (Å²) in [6, 6.07) is 0. The van der Waals surface area contributed by atoms with Gasteiger partial charge < -0.3 is 64.2 Å². The lowest BCUT2D eigenvalue weighted by atomic mass is 9.98. The highest BCUT2D eigenvalue weighted by molar-refractivity contribution is 5.70. The minimum absolute atomic E-state index is 0.173. The van der Waals surface area contributed by atoms with E-state index in [4.69, 9.17) is 28.4 Å². The van der Waals surface area contributed by atoms with Gasteiger partial charge in [-0.25, -0.2) is 0 Å². The van der Waals surface area contributed by atoms with E-state index < -0.39 is 92.7 Å². The summed E-state index contributed by atoms with van der Waals surface area (Å²) >= 11 is 0.